The molecule has 5 nitrogen and oxygen atoms in total. The Morgan fingerprint density at radius 3 is 2.71 bits per heavy atom. The summed E-state index contributed by atoms with van der Waals surface area (Å²) in [7, 11) is 3.45. The topological polar surface area (TPSA) is 57.0 Å². The second-order valence-corrected chi connectivity index (χ2v) is 5.32. The smallest absolute Gasteiger partial charge is 0.124 e. The second kappa shape index (κ2) is 8.34. The zero-order valence-corrected chi connectivity index (χ0v) is 13.0. The highest BCUT2D eigenvalue weighted by molar-refractivity contribution is 5.38. The Kier molecular flexibility index (Phi) is 6.45. The van der Waals surface area contributed by atoms with Crippen molar-refractivity contribution in [2.24, 2.45) is 5.73 Å². The van der Waals surface area contributed by atoms with Crippen molar-refractivity contribution in [2.45, 2.75) is 18.5 Å². The monoisotopic (exact) mass is 294 g/mol. The van der Waals surface area contributed by atoms with Crippen molar-refractivity contribution in [3.63, 3.8) is 0 Å². The van der Waals surface area contributed by atoms with Crippen molar-refractivity contribution < 1.29 is 14.2 Å². The molecule has 0 radical (unpaired) electrons. The van der Waals surface area contributed by atoms with E-state index in [9.17, 15) is 0 Å². The molecule has 2 rings (SSSR count). The molecule has 0 aliphatic carbocycles. The number of benzene rings is 1. The van der Waals surface area contributed by atoms with Gasteiger partial charge >= 0.3 is 0 Å². The van der Waals surface area contributed by atoms with Crippen LogP contribution in [0.1, 0.15) is 18.0 Å². The third-order valence-corrected chi connectivity index (χ3v) is 3.95. The number of hydrogen-bond donors (Lipinski definition) is 1. The number of rotatable bonds is 8. The summed E-state index contributed by atoms with van der Waals surface area (Å²) in [6.07, 6.45) is 0.977. The van der Waals surface area contributed by atoms with Crippen LogP contribution in [0, 0.1) is 0 Å². The van der Waals surface area contributed by atoms with E-state index in [-0.39, 0.29) is 12.1 Å². The normalized spacial score (nSPS) is 21.1. The fraction of sp³-hybridized carbons (Fsp3) is 0.625. The van der Waals surface area contributed by atoms with Crippen molar-refractivity contribution >= 4 is 0 Å². The average molecular weight is 294 g/mol. The molecular formula is C16H26N2O3. The van der Waals surface area contributed by atoms with Gasteiger partial charge < -0.3 is 19.9 Å². The van der Waals surface area contributed by atoms with Gasteiger partial charge in [-0.2, -0.15) is 0 Å². The van der Waals surface area contributed by atoms with Crippen LogP contribution in [-0.2, 0) is 9.47 Å². The van der Waals surface area contributed by atoms with Crippen LogP contribution in [0.3, 0.4) is 0 Å². The summed E-state index contributed by atoms with van der Waals surface area (Å²) in [6, 6.07) is 8.16. The van der Waals surface area contributed by atoms with Gasteiger partial charge in [-0.3, -0.25) is 4.90 Å². The first-order valence-corrected chi connectivity index (χ1v) is 7.47. The first kappa shape index (κ1) is 16.2. The van der Waals surface area contributed by atoms with E-state index < -0.39 is 0 Å². The molecule has 0 spiro atoms. The number of para-hydroxylation sites is 1. The predicted octanol–water partition coefficient (Wildman–Crippen LogP) is 1.43. The minimum absolute atomic E-state index is 0.0330. The van der Waals surface area contributed by atoms with E-state index in [2.05, 4.69) is 11.0 Å². The maximum atomic E-state index is 6.47. The molecule has 0 amide bonds. The highest BCUT2D eigenvalue weighted by Crippen LogP contribution is 2.32. The fourth-order valence-electron chi connectivity index (χ4n) is 2.77. The number of methoxy groups -OCH3 is 2. The quantitative estimate of drug-likeness (QED) is 0.735. The van der Waals surface area contributed by atoms with Crippen LogP contribution in [-0.4, -0.2) is 58.1 Å². The van der Waals surface area contributed by atoms with Gasteiger partial charge in [-0.05, 0) is 12.5 Å². The summed E-state index contributed by atoms with van der Waals surface area (Å²) in [6.45, 7) is 3.85. The minimum Gasteiger partial charge on any atom is -0.492 e. The van der Waals surface area contributed by atoms with Crippen molar-refractivity contribution in [3.05, 3.63) is 29.8 Å². The molecule has 1 aliphatic rings. The predicted molar refractivity (Wildman–Crippen MR) is 82.6 cm³/mol. The van der Waals surface area contributed by atoms with Crippen LogP contribution < -0.4 is 10.5 Å². The molecule has 2 unspecified atom stereocenters. The summed E-state index contributed by atoms with van der Waals surface area (Å²) in [4.78, 5) is 2.35. The zero-order valence-electron chi connectivity index (χ0n) is 13.0. The van der Waals surface area contributed by atoms with Crippen molar-refractivity contribution in [3.8, 4) is 5.75 Å². The molecule has 0 aromatic heterocycles. The van der Waals surface area contributed by atoms with E-state index in [1.165, 1.54) is 0 Å². The van der Waals surface area contributed by atoms with Crippen LogP contribution in [0.5, 0.6) is 5.75 Å². The SMILES string of the molecule is COCCCN(CCOC)C1COc2ccccc2C1N. The Hall–Kier alpha value is -1.14. The molecule has 0 saturated heterocycles. The van der Waals surface area contributed by atoms with Gasteiger partial charge in [0.2, 0.25) is 0 Å². The Balaban J connectivity index is 2.05. The van der Waals surface area contributed by atoms with Crippen molar-refractivity contribution in [2.75, 3.05) is 47.1 Å². The summed E-state index contributed by atoms with van der Waals surface area (Å²) in [5, 5.41) is 0. The number of fused-ring (bicyclic) bond motifs is 1. The molecule has 2 atom stereocenters. The Morgan fingerprint density at radius 2 is 1.95 bits per heavy atom. The third-order valence-electron chi connectivity index (χ3n) is 3.95. The van der Waals surface area contributed by atoms with Crippen LogP contribution >= 0.6 is 0 Å². The standard InChI is InChI=1S/C16H26N2O3/c1-19-10-5-8-18(9-11-20-2)14-12-21-15-7-4-3-6-13(15)16(14)17/h3-4,6-7,14,16H,5,8-12,17H2,1-2H3. The molecule has 1 aromatic carbocycles. The first-order valence-electron chi connectivity index (χ1n) is 7.47. The molecule has 2 N–H and O–H groups in total. The molecule has 1 aliphatic heterocycles. The summed E-state index contributed by atoms with van der Waals surface area (Å²) in [5.74, 6) is 0.907. The molecule has 0 bridgehead atoms. The first-order chi connectivity index (χ1) is 10.3. The van der Waals surface area contributed by atoms with Crippen molar-refractivity contribution in [1.29, 1.82) is 0 Å². The van der Waals surface area contributed by atoms with Crippen LogP contribution in [0.2, 0.25) is 0 Å². The Labute approximate surface area is 127 Å². The molecule has 118 valence electrons. The van der Waals surface area contributed by atoms with E-state index in [0.29, 0.717) is 13.2 Å². The lowest BCUT2D eigenvalue weighted by molar-refractivity contribution is 0.0620. The van der Waals surface area contributed by atoms with Gasteiger partial charge in [0, 0.05) is 39.5 Å². The number of hydrogen-bond acceptors (Lipinski definition) is 5. The van der Waals surface area contributed by atoms with Gasteiger partial charge in [0.05, 0.1) is 18.7 Å². The number of nitrogens with two attached hydrogens (primary N) is 1. The summed E-state index contributed by atoms with van der Waals surface area (Å²) < 4.78 is 16.2. The lowest BCUT2D eigenvalue weighted by atomic mass is 9.96. The zero-order chi connectivity index (χ0) is 15.1. The van der Waals surface area contributed by atoms with E-state index >= 15 is 0 Å². The lowest BCUT2D eigenvalue weighted by Gasteiger charge is -2.39. The third kappa shape index (κ3) is 4.17. The van der Waals surface area contributed by atoms with E-state index in [1.807, 2.05) is 18.2 Å². The van der Waals surface area contributed by atoms with Gasteiger partial charge in [0.1, 0.15) is 12.4 Å². The van der Waals surface area contributed by atoms with Gasteiger partial charge in [-0.1, -0.05) is 18.2 Å². The summed E-state index contributed by atoms with van der Waals surface area (Å²) >= 11 is 0. The maximum absolute atomic E-state index is 6.47. The Bertz CT molecular complexity index is 428. The van der Waals surface area contributed by atoms with Crippen molar-refractivity contribution in [1.82, 2.24) is 4.90 Å². The number of ether oxygens (including phenoxy) is 3. The van der Waals surface area contributed by atoms with E-state index in [1.54, 1.807) is 14.2 Å². The molecule has 0 saturated carbocycles. The Morgan fingerprint density at radius 1 is 1.19 bits per heavy atom. The van der Waals surface area contributed by atoms with Crippen LogP contribution in [0.25, 0.3) is 0 Å². The molecule has 0 fully saturated rings. The van der Waals surface area contributed by atoms with Gasteiger partial charge in [-0.25, -0.2) is 0 Å². The highest BCUT2D eigenvalue weighted by atomic mass is 16.5. The average Bonchev–Trinajstić information content (AvgIpc) is 2.52. The van der Waals surface area contributed by atoms with Gasteiger partial charge in [-0.15, -0.1) is 0 Å². The van der Waals surface area contributed by atoms with Crippen LogP contribution in [0.4, 0.5) is 0 Å². The molecule has 5 heteroatoms. The molecule has 1 heterocycles. The van der Waals surface area contributed by atoms with E-state index in [4.69, 9.17) is 19.9 Å². The number of nitrogens with zero attached hydrogens (tertiary/aromatic N) is 1. The second-order valence-electron chi connectivity index (χ2n) is 5.32. The molecular weight excluding hydrogens is 268 g/mol. The lowest BCUT2D eigenvalue weighted by Crippen LogP contribution is -2.50. The van der Waals surface area contributed by atoms with Crippen LogP contribution in [0.15, 0.2) is 24.3 Å². The molecule has 1 aromatic rings. The molecule has 21 heavy (non-hydrogen) atoms. The maximum Gasteiger partial charge on any atom is 0.124 e. The fourth-order valence-corrected chi connectivity index (χ4v) is 2.77. The van der Waals surface area contributed by atoms with E-state index in [0.717, 1.165) is 37.4 Å². The minimum atomic E-state index is -0.0330. The highest BCUT2D eigenvalue weighted by Gasteiger charge is 2.32. The summed E-state index contributed by atoms with van der Waals surface area (Å²) in [5.41, 5.74) is 7.56. The van der Waals surface area contributed by atoms with Gasteiger partial charge in [0.15, 0.2) is 0 Å². The van der Waals surface area contributed by atoms with Gasteiger partial charge in [0.25, 0.3) is 0 Å². The largest absolute Gasteiger partial charge is 0.492 e.